The second-order valence-electron chi connectivity index (χ2n) is 4.47. The molecule has 1 atom stereocenters. The molecule has 0 aromatic carbocycles. The van der Waals surface area contributed by atoms with Crippen molar-refractivity contribution in [2.75, 3.05) is 6.54 Å². The molecule has 80 valence electrons. The molecule has 14 heavy (non-hydrogen) atoms. The fourth-order valence-electron chi connectivity index (χ4n) is 1.67. The average Bonchev–Trinajstić information content (AvgIpc) is 2.48. The lowest BCUT2D eigenvalue weighted by atomic mass is 10.00. The van der Waals surface area contributed by atoms with Gasteiger partial charge in [-0.1, -0.05) is 6.92 Å². The van der Waals surface area contributed by atoms with Crippen LogP contribution in [-0.2, 0) is 9.59 Å². The Kier molecular flexibility index (Phi) is 2.83. The van der Waals surface area contributed by atoms with Gasteiger partial charge >= 0.3 is 0 Å². The summed E-state index contributed by atoms with van der Waals surface area (Å²) in [5.74, 6) is -0.623. The Morgan fingerprint density at radius 3 is 2.57 bits per heavy atom. The zero-order chi connectivity index (χ0) is 10.9. The van der Waals surface area contributed by atoms with Crippen LogP contribution < -0.4 is 5.73 Å². The Morgan fingerprint density at radius 1 is 1.64 bits per heavy atom. The van der Waals surface area contributed by atoms with Crippen molar-refractivity contribution in [3.63, 3.8) is 0 Å². The number of amides is 2. The molecule has 1 unspecified atom stereocenters. The number of rotatable bonds is 3. The summed E-state index contributed by atoms with van der Waals surface area (Å²) in [5, 5.41) is 0. The van der Waals surface area contributed by atoms with Crippen LogP contribution in [0, 0.1) is 5.92 Å². The fraction of sp³-hybridized carbons (Fsp3) is 0.800. The minimum absolute atomic E-state index is 0.0423. The maximum Gasteiger partial charge on any atom is 0.223 e. The standard InChI is InChI=1S/C10H18N2O2/c1-4-10(2,3)12-6-7(9(11)14)5-8(12)13/h7H,4-6H2,1-3H3,(H2,11,14). The minimum Gasteiger partial charge on any atom is -0.369 e. The predicted molar refractivity (Wildman–Crippen MR) is 53.4 cm³/mol. The third-order valence-corrected chi connectivity index (χ3v) is 3.12. The predicted octanol–water partition coefficient (Wildman–Crippen LogP) is 0.509. The summed E-state index contributed by atoms with van der Waals surface area (Å²) in [6.45, 7) is 6.53. The van der Waals surface area contributed by atoms with E-state index in [4.69, 9.17) is 5.73 Å². The van der Waals surface area contributed by atoms with Crippen LogP contribution >= 0.6 is 0 Å². The number of nitrogens with two attached hydrogens (primary N) is 1. The maximum absolute atomic E-state index is 11.6. The van der Waals surface area contributed by atoms with Crippen LogP contribution in [0.3, 0.4) is 0 Å². The van der Waals surface area contributed by atoms with Crippen molar-refractivity contribution < 1.29 is 9.59 Å². The Morgan fingerprint density at radius 2 is 2.21 bits per heavy atom. The van der Waals surface area contributed by atoms with Gasteiger partial charge in [-0.2, -0.15) is 0 Å². The first-order valence-corrected chi connectivity index (χ1v) is 4.98. The third-order valence-electron chi connectivity index (χ3n) is 3.12. The van der Waals surface area contributed by atoms with Gasteiger partial charge in [0.15, 0.2) is 0 Å². The highest BCUT2D eigenvalue weighted by molar-refractivity contribution is 5.88. The van der Waals surface area contributed by atoms with Gasteiger partial charge in [-0.15, -0.1) is 0 Å². The number of carbonyl (C=O) groups excluding carboxylic acids is 2. The highest BCUT2D eigenvalue weighted by Gasteiger charge is 2.39. The molecule has 1 rings (SSSR count). The highest BCUT2D eigenvalue weighted by atomic mass is 16.2. The molecule has 0 aromatic heterocycles. The molecule has 1 aliphatic heterocycles. The SMILES string of the molecule is CCC(C)(C)N1CC(C(N)=O)CC1=O. The second-order valence-corrected chi connectivity index (χ2v) is 4.47. The number of hydrogen-bond donors (Lipinski definition) is 1. The first-order valence-electron chi connectivity index (χ1n) is 4.98. The molecular weight excluding hydrogens is 180 g/mol. The van der Waals surface area contributed by atoms with Crippen LogP contribution in [0.1, 0.15) is 33.6 Å². The van der Waals surface area contributed by atoms with Gasteiger partial charge in [-0.05, 0) is 20.3 Å². The molecule has 1 heterocycles. The first kappa shape index (κ1) is 11.0. The summed E-state index contributed by atoms with van der Waals surface area (Å²) in [6, 6.07) is 0. The highest BCUT2D eigenvalue weighted by Crippen LogP contribution is 2.27. The van der Waals surface area contributed by atoms with Gasteiger partial charge in [0.1, 0.15) is 0 Å². The lowest BCUT2D eigenvalue weighted by Crippen LogP contribution is -2.44. The molecule has 4 heteroatoms. The average molecular weight is 198 g/mol. The molecule has 1 fully saturated rings. The zero-order valence-electron chi connectivity index (χ0n) is 9.04. The van der Waals surface area contributed by atoms with Crippen LogP contribution in [0.2, 0.25) is 0 Å². The van der Waals surface area contributed by atoms with E-state index in [-0.39, 0.29) is 29.7 Å². The van der Waals surface area contributed by atoms with Gasteiger partial charge in [0.25, 0.3) is 0 Å². The molecule has 4 nitrogen and oxygen atoms in total. The molecule has 0 bridgehead atoms. The van der Waals surface area contributed by atoms with Crippen molar-refractivity contribution in [3.05, 3.63) is 0 Å². The van der Waals surface area contributed by atoms with Crippen molar-refractivity contribution in [2.45, 2.75) is 39.2 Å². The fourth-order valence-corrected chi connectivity index (χ4v) is 1.67. The maximum atomic E-state index is 11.6. The van der Waals surface area contributed by atoms with E-state index >= 15 is 0 Å². The van der Waals surface area contributed by atoms with Gasteiger partial charge in [-0.3, -0.25) is 9.59 Å². The van der Waals surface area contributed by atoms with Crippen LogP contribution in [-0.4, -0.2) is 28.8 Å². The van der Waals surface area contributed by atoms with Crippen molar-refractivity contribution in [2.24, 2.45) is 11.7 Å². The lowest BCUT2D eigenvalue weighted by molar-refractivity contribution is -0.132. The Labute approximate surface area is 84.4 Å². The topological polar surface area (TPSA) is 63.4 Å². The van der Waals surface area contributed by atoms with Crippen LogP contribution in [0.4, 0.5) is 0 Å². The van der Waals surface area contributed by atoms with E-state index in [0.717, 1.165) is 6.42 Å². The molecule has 2 amide bonds. The molecule has 0 aliphatic carbocycles. The Balaban J connectivity index is 2.75. The van der Waals surface area contributed by atoms with E-state index in [2.05, 4.69) is 0 Å². The number of primary amides is 1. The summed E-state index contributed by atoms with van der Waals surface area (Å²) in [6.07, 6.45) is 1.16. The quantitative estimate of drug-likeness (QED) is 0.718. The molecule has 1 aliphatic rings. The van der Waals surface area contributed by atoms with E-state index in [1.807, 2.05) is 20.8 Å². The van der Waals surface area contributed by atoms with Gasteiger partial charge in [0, 0.05) is 18.5 Å². The summed E-state index contributed by atoms with van der Waals surface area (Å²) in [4.78, 5) is 24.3. The van der Waals surface area contributed by atoms with Crippen molar-refractivity contribution in [1.29, 1.82) is 0 Å². The van der Waals surface area contributed by atoms with Gasteiger partial charge < -0.3 is 10.6 Å². The molecule has 0 saturated carbocycles. The second kappa shape index (κ2) is 3.59. The van der Waals surface area contributed by atoms with Crippen molar-refractivity contribution in [3.8, 4) is 0 Å². The normalized spacial score (nSPS) is 22.9. The van der Waals surface area contributed by atoms with Crippen molar-refractivity contribution >= 4 is 11.8 Å². The molecule has 2 N–H and O–H groups in total. The molecule has 1 saturated heterocycles. The summed E-state index contributed by atoms with van der Waals surface area (Å²) >= 11 is 0. The lowest BCUT2D eigenvalue weighted by Gasteiger charge is -2.34. The van der Waals surface area contributed by atoms with E-state index < -0.39 is 0 Å². The van der Waals surface area contributed by atoms with E-state index in [1.165, 1.54) is 0 Å². The molecule has 0 spiro atoms. The first-order chi connectivity index (χ1) is 6.38. The Hall–Kier alpha value is -1.06. The molecule has 0 aromatic rings. The Bertz CT molecular complexity index is 261. The summed E-state index contributed by atoms with van der Waals surface area (Å²) in [7, 11) is 0. The van der Waals surface area contributed by atoms with Gasteiger partial charge in [0.2, 0.25) is 11.8 Å². The van der Waals surface area contributed by atoms with Gasteiger partial charge in [-0.25, -0.2) is 0 Å². The molecule has 0 radical (unpaired) electrons. The summed E-state index contributed by atoms with van der Waals surface area (Å²) < 4.78 is 0. The van der Waals surface area contributed by atoms with E-state index in [0.29, 0.717) is 6.54 Å². The largest absolute Gasteiger partial charge is 0.369 e. The minimum atomic E-state index is -0.368. The van der Waals surface area contributed by atoms with E-state index in [1.54, 1.807) is 4.90 Å². The number of nitrogens with zero attached hydrogens (tertiary/aromatic N) is 1. The van der Waals surface area contributed by atoms with Crippen LogP contribution in [0.25, 0.3) is 0 Å². The molecular formula is C10H18N2O2. The summed E-state index contributed by atoms with van der Waals surface area (Å²) in [5.41, 5.74) is 5.02. The van der Waals surface area contributed by atoms with Crippen LogP contribution in [0.5, 0.6) is 0 Å². The number of likely N-dealkylation sites (tertiary alicyclic amines) is 1. The van der Waals surface area contributed by atoms with Crippen molar-refractivity contribution in [1.82, 2.24) is 4.90 Å². The zero-order valence-corrected chi connectivity index (χ0v) is 9.04. The third kappa shape index (κ3) is 1.89. The van der Waals surface area contributed by atoms with E-state index in [9.17, 15) is 9.59 Å². The number of hydrogen-bond acceptors (Lipinski definition) is 2. The number of carbonyl (C=O) groups is 2. The van der Waals surface area contributed by atoms with Gasteiger partial charge in [0.05, 0.1) is 5.92 Å². The monoisotopic (exact) mass is 198 g/mol. The van der Waals surface area contributed by atoms with Crippen LogP contribution in [0.15, 0.2) is 0 Å². The smallest absolute Gasteiger partial charge is 0.223 e.